The lowest BCUT2D eigenvalue weighted by Gasteiger charge is -2.30. The molecule has 0 aromatic heterocycles. The third-order valence-corrected chi connectivity index (χ3v) is 6.16. The minimum absolute atomic E-state index is 0.189. The second-order valence-corrected chi connectivity index (χ2v) is 7.59. The number of amides is 4. The summed E-state index contributed by atoms with van der Waals surface area (Å²) in [6, 6.07) is 7.37. The molecule has 6 nitrogen and oxygen atoms in total. The van der Waals surface area contributed by atoms with Gasteiger partial charge in [0.2, 0.25) is 5.91 Å². The number of nitrogens with one attached hydrogen (secondary N) is 1. The zero-order valence-corrected chi connectivity index (χ0v) is 14.1. The van der Waals surface area contributed by atoms with Crippen LogP contribution in [0, 0.1) is 0 Å². The number of carbonyl (C=O) groups is 3. The minimum Gasteiger partial charge on any atom is -0.322 e. The second-order valence-electron chi connectivity index (χ2n) is 6.48. The molecule has 1 atom stereocenters. The third-order valence-electron chi connectivity index (χ3n) is 4.97. The Balaban J connectivity index is 1.53. The van der Waals surface area contributed by atoms with E-state index in [2.05, 4.69) is 5.32 Å². The molecule has 0 saturated carbocycles. The van der Waals surface area contributed by atoms with E-state index in [0.717, 1.165) is 34.7 Å². The normalized spacial score (nSPS) is 26.0. The molecule has 1 aromatic carbocycles. The first-order valence-corrected chi connectivity index (χ1v) is 9.36. The first-order valence-electron chi connectivity index (χ1n) is 8.21. The van der Waals surface area contributed by atoms with Crippen molar-refractivity contribution in [2.45, 2.75) is 24.8 Å². The van der Waals surface area contributed by atoms with Gasteiger partial charge in [-0.3, -0.25) is 14.5 Å². The smallest absolute Gasteiger partial charge is 0.322 e. The van der Waals surface area contributed by atoms with Gasteiger partial charge in [0.05, 0.1) is 0 Å². The highest BCUT2D eigenvalue weighted by Gasteiger charge is 2.53. The molecule has 0 unspecified atom stereocenters. The van der Waals surface area contributed by atoms with E-state index >= 15 is 0 Å². The zero-order valence-electron chi connectivity index (χ0n) is 13.3. The molecule has 3 aliphatic rings. The Morgan fingerprint density at radius 2 is 2.12 bits per heavy atom. The van der Waals surface area contributed by atoms with Gasteiger partial charge >= 0.3 is 6.03 Å². The van der Waals surface area contributed by atoms with Crippen LogP contribution in [-0.4, -0.2) is 52.9 Å². The molecule has 1 spiro atoms. The van der Waals surface area contributed by atoms with E-state index in [1.807, 2.05) is 24.3 Å². The van der Waals surface area contributed by atoms with Crippen LogP contribution in [0.5, 0.6) is 0 Å². The van der Waals surface area contributed by atoms with Crippen LogP contribution < -0.4 is 10.2 Å². The first kappa shape index (κ1) is 15.5. The van der Waals surface area contributed by atoms with E-state index in [1.165, 1.54) is 0 Å². The van der Waals surface area contributed by atoms with E-state index in [1.54, 1.807) is 16.7 Å². The molecule has 0 bridgehead atoms. The number of urea groups is 1. The van der Waals surface area contributed by atoms with Crippen molar-refractivity contribution in [3.05, 3.63) is 29.8 Å². The number of fused-ring (bicyclic) bond motifs is 1. The molecule has 3 aliphatic heterocycles. The number of rotatable bonds is 2. The van der Waals surface area contributed by atoms with Gasteiger partial charge in [0, 0.05) is 18.0 Å². The number of imide groups is 1. The molecular formula is C17H19N3O3S. The molecule has 1 aromatic rings. The Labute approximate surface area is 144 Å². The van der Waals surface area contributed by atoms with Crippen LogP contribution in [0.3, 0.4) is 0 Å². The first-order chi connectivity index (χ1) is 11.6. The Morgan fingerprint density at radius 3 is 2.92 bits per heavy atom. The van der Waals surface area contributed by atoms with Crippen LogP contribution in [-0.2, 0) is 16.0 Å². The summed E-state index contributed by atoms with van der Waals surface area (Å²) in [4.78, 5) is 40.4. The molecule has 4 amide bonds. The molecule has 0 aliphatic carbocycles. The van der Waals surface area contributed by atoms with Gasteiger partial charge in [-0.25, -0.2) is 4.79 Å². The van der Waals surface area contributed by atoms with Crippen molar-refractivity contribution in [2.24, 2.45) is 0 Å². The quantitative estimate of drug-likeness (QED) is 0.823. The summed E-state index contributed by atoms with van der Waals surface area (Å²) in [5.74, 6) is 0.992. The molecule has 7 heteroatoms. The van der Waals surface area contributed by atoms with E-state index in [4.69, 9.17) is 0 Å². The van der Waals surface area contributed by atoms with Crippen LogP contribution in [0.25, 0.3) is 0 Å². The standard InChI is InChI=1S/C17H19N3O3S/c21-14(19-8-3-5-12-4-1-2-6-13(12)19)10-20-15(22)17(18-16(20)23)7-9-24-11-17/h1-2,4,6H,3,5,7-11H2,(H,18,23)/t17-/m1/s1. The van der Waals surface area contributed by atoms with E-state index in [-0.39, 0.29) is 18.4 Å². The number of anilines is 1. The zero-order chi connectivity index (χ0) is 16.7. The molecule has 24 heavy (non-hydrogen) atoms. The van der Waals surface area contributed by atoms with E-state index in [0.29, 0.717) is 18.7 Å². The summed E-state index contributed by atoms with van der Waals surface area (Å²) in [6.07, 6.45) is 2.48. The number of benzene rings is 1. The van der Waals surface area contributed by atoms with Gasteiger partial charge in [0.15, 0.2) is 0 Å². The topological polar surface area (TPSA) is 69.7 Å². The lowest BCUT2D eigenvalue weighted by Crippen LogP contribution is -2.48. The largest absolute Gasteiger partial charge is 0.325 e. The van der Waals surface area contributed by atoms with Crippen molar-refractivity contribution in [3.8, 4) is 0 Å². The molecule has 2 saturated heterocycles. The molecule has 4 rings (SSSR count). The molecular weight excluding hydrogens is 326 g/mol. The van der Waals surface area contributed by atoms with Crippen molar-refractivity contribution >= 4 is 35.3 Å². The highest BCUT2D eigenvalue weighted by molar-refractivity contribution is 7.99. The Bertz CT molecular complexity index is 715. The van der Waals surface area contributed by atoms with Crippen molar-refractivity contribution < 1.29 is 14.4 Å². The van der Waals surface area contributed by atoms with Crippen molar-refractivity contribution in [2.75, 3.05) is 29.5 Å². The van der Waals surface area contributed by atoms with Gasteiger partial charge in [0.1, 0.15) is 12.1 Å². The Morgan fingerprint density at radius 1 is 1.29 bits per heavy atom. The van der Waals surface area contributed by atoms with Gasteiger partial charge < -0.3 is 10.2 Å². The lowest BCUT2D eigenvalue weighted by molar-refractivity contribution is -0.133. The predicted octanol–water partition coefficient (Wildman–Crippen LogP) is 1.39. The average molecular weight is 345 g/mol. The predicted molar refractivity (Wildman–Crippen MR) is 92.0 cm³/mol. The van der Waals surface area contributed by atoms with Gasteiger partial charge in [-0.05, 0) is 36.6 Å². The fourth-order valence-corrected chi connectivity index (χ4v) is 4.99. The fourth-order valence-electron chi connectivity index (χ4n) is 3.67. The maximum absolute atomic E-state index is 12.8. The number of carbonyl (C=O) groups excluding carboxylic acids is 3. The number of thioether (sulfide) groups is 1. The number of aryl methyl sites for hydroxylation is 1. The third kappa shape index (κ3) is 2.38. The number of hydrogen-bond acceptors (Lipinski definition) is 4. The van der Waals surface area contributed by atoms with Crippen LogP contribution in [0.4, 0.5) is 10.5 Å². The van der Waals surface area contributed by atoms with E-state index < -0.39 is 11.6 Å². The molecule has 1 N–H and O–H groups in total. The second kappa shape index (κ2) is 5.81. The van der Waals surface area contributed by atoms with Gasteiger partial charge in [-0.2, -0.15) is 11.8 Å². The van der Waals surface area contributed by atoms with Gasteiger partial charge in [-0.15, -0.1) is 0 Å². The molecule has 0 radical (unpaired) electrons. The fraction of sp³-hybridized carbons (Fsp3) is 0.471. The highest BCUT2D eigenvalue weighted by atomic mass is 32.2. The monoisotopic (exact) mass is 345 g/mol. The number of nitrogens with zero attached hydrogens (tertiary/aromatic N) is 2. The summed E-state index contributed by atoms with van der Waals surface area (Å²) in [5, 5.41) is 2.80. The average Bonchev–Trinajstić information content (AvgIpc) is 3.15. The highest BCUT2D eigenvalue weighted by Crippen LogP contribution is 2.33. The minimum atomic E-state index is -0.790. The van der Waals surface area contributed by atoms with Crippen LogP contribution >= 0.6 is 11.8 Å². The van der Waals surface area contributed by atoms with Gasteiger partial charge in [0.25, 0.3) is 5.91 Å². The van der Waals surface area contributed by atoms with Crippen LogP contribution in [0.15, 0.2) is 24.3 Å². The summed E-state index contributed by atoms with van der Waals surface area (Å²) in [7, 11) is 0. The maximum Gasteiger partial charge on any atom is 0.325 e. The lowest BCUT2D eigenvalue weighted by atomic mass is 9.99. The Hall–Kier alpha value is -2.02. The SMILES string of the molecule is O=C1N[C@@]2(CCSC2)C(=O)N1CC(=O)N1CCCc2ccccc21. The van der Waals surface area contributed by atoms with Crippen molar-refractivity contribution in [3.63, 3.8) is 0 Å². The summed E-state index contributed by atoms with van der Waals surface area (Å²) < 4.78 is 0. The maximum atomic E-state index is 12.8. The molecule has 3 heterocycles. The van der Waals surface area contributed by atoms with Crippen molar-refractivity contribution in [1.82, 2.24) is 10.2 Å². The van der Waals surface area contributed by atoms with Crippen LogP contribution in [0.2, 0.25) is 0 Å². The van der Waals surface area contributed by atoms with Crippen molar-refractivity contribution in [1.29, 1.82) is 0 Å². The van der Waals surface area contributed by atoms with Crippen LogP contribution in [0.1, 0.15) is 18.4 Å². The summed E-state index contributed by atoms with van der Waals surface area (Å²) in [5.41, 5.74) is 1.24. The van der Waals surface area contributed by atoms with Gasteiger partial charge in [-0.1, -0.05) is 18.2 Å². The van der Waals surface area contributed by atoms with E-state index in [9.17, 15) is 14.4 Å². The number of para-hydroxylation sites is 1. The molecule has 2 fully saturated rings. The molecule has 126 valence electrons. The number of hydrogen-bond donors (Lipinski definition) is 1. The summed E-state index contributed by atoms with van der Waals surface area (Å²) in [6.45, 7) is 0.436. The summed E-state index contributed by atoms with van der Waals surface area (Å²) >= 11 is 1.66. The Kier molecular flexibility index (Phi) is 3.75.